The number of hydrogen-bond acceptors (Lipinski definition) is 3. The molecule has 0 radical (unpaired) electrons. The van der Waals surface area contributed by atoms with Crippen molar-refractivity contribution in [2.45, 2.75) is 49.8 Å². The molecule has 3 fully saturated rings. The number of benzene rings is 1. The number of nitrogens with zero attached hydrogens (tertiary/aromatic N) is 1. The quantitative estimate of drug-likeness (QED) is 0.820. The van der Waals surface area contributed by atoms with Gasteiger partial charge < -0.3 is 5.32 Å². The van der Waals surface area contributed by atoms with Crippen molar-refractivity contribution in [3.05, 3.63) is 23.2 Å². The lowest BCUT2D eigenvalue weighted by Gasteiger charge is -2.21. The fourth-order valence-corrected chi connectivity index (χ4v) is 6.94. The number of carbonyl (C=O) groups excluding carboxylic acids is 1. The van der Waals surface area contributed by atoms with Crippen LogP contribution < -0.4 is 5.32 Å². The molecule has 142 valence electrons. The standard InChI is InChI=1S/C19H25ClN2O3S/c20-17-6-5-16(12-18(17)26(24,25)22-7-1-2-8-22)21-19(23)11-15-10-13-3-4-14(15)9-13/h5-6,12-15H,1-4,7-11H2,(H,21,23). The van der Waals surface area contributed by atoms with Crippen molar-refractivity contribution >= 4 is 33.2 Å². The third-order valence-corrected chi connectivity index (χ3v) is 8.61. The normalized spacial score (nSPS) is 28.6. The molecule has 2 aliphatic carbocycles. The van der Waals surface area contributed by atoms with Gasteiger partial charge in [0.15, 0.2) is 0 Å². The van der Waals surface area contributed by atoms with Crippen molar-refractivity contribution in [1.29, 1.82) is 0 Å². The van der Waals surface area contributed by atoms with E-state index in [1.165, 1.54) is 29.6 Å². The lowest BCUT2D eigenvalue weighted by molar-refractivity contribution is -0.117. The molecule has 3 atom stereocenters. The number of carbonyl (C=O) groups is 1. The highest BCUT2D eigenvalue weighted by Crippen LogP contribution is 2.49. The highest BCUT2D eigenvalue weighted by molar-refractivity contribution is 7.89. The van der Waals surface area contributed by atoms with Crippen LogP contribution in [0, 0.1) is 17.8 Å². The Morgan fingerprint density at radius 2 is 1.96 bits per heavy atom. The average Bonchev–Trinajstić information content (AvgIpc) is 3.34. The predicted octanol–water partition coefficient (Wildman–Crippen LogP) is 3.89. The van der Waals surface area contributed by atoms with Crippen molar-refractivity contribution in [2.24, 2.45) is 17.8 Å². The average molecular weight is 397 g/mol. The number of hydrogen-bond donors (Lipinski definition) is 1. The molecule has 1 saturated heterocycles. The summed E-state index contributed by atoms with van der Waals surface area (Å²) in [5.74, 6) is 1.95. The Morgan fingerprint density at radius 3 is 2.62 bits per heavy atom. The summed E-state index contributed by atoms with van der Waals surface area (Å²) in [6.07, 6.45) is 7.27. The van der Waals surface area contributed by atoms with E-state index in [0.29, 0.717) is 37.0 Å². The summed E-state index contributed by atoms with van der Waals surface area (Å²) < 4.78 is 27.0. The van der Waals surface area contributed by atoms with Crippen LogP contribution in [0.25, 0.3) is 0 Å². The Morgan fingerprint density at radius 1 is 1.19 bits per heavy atom. The van der Waals surface area contributed by atoms with Gasteiger partial charge in [-0.25, -0.2) is 8.42 Å². The minimum atomic E-state index is -3.61. The van der Waals surface area contributed by atoms with Gasteiger partial charge in [-0.15, -0.1) is 0 Å². The molecular formula is C19H25ClN2O3S. The smallest absolute Gasteiger partial charge is 0.244 e. The first-order valence-corrected chi connectivity index (χ1v) is 11.3. The van der Waals surface area contributed by atoms with Crippen LogP contribution in [0.15, 0.2) is 23.1 Å². The number of sulfonamides is 1. The Kier molecular flexibility index (Phi) is 5.01. The van der Waals surface area contributed by atoms with Gasteiger partial charge in [0.2, 0.25) is 15.9 Å². The molecule has 2 bridgehead atoms. The van der Waals surface area contributed by atoms with E-state index in [9.17, 15) is 13.2 Å². The van der Waals surface area contributed by atoms with Crippen molar-refractivity contribution in [3.63, 3.8) is 0 Å². The molecule has 3 unspecified atom stereocenters. The van der Waals surface area contributed by atoms with Crippen molar-refractivity contribution in [2.75, 3.05) is 18.4 Å². The van der Waals surface area contributed by atoms with Gasteiger partial charge in [-0.1, -0.05) is 18.0 Å². The maximum absolute atomic E-state index is 12.8. The number of amides is 1. The summed E-state index contributed by atoms with van der Waals surface area (Å²) >= 11 is 6.16. The summed E-state index contributed by atoms with van der Waals surface area (Å²) in [7, 11) is -3.61. The van der Waals surface area contributed by atoms with Crippen LogP contribution in [-0.4, -0.2) is 31.7 Å². The molecule has 0 aromatic heterocycles. The van der Waals surface area contributed by atoms with Crippen LogP contribution >= 0.6 is 11.6 Å². The molecule has 5 nitrogen and oxygen atoms in total. The zero-order valence-electron chi connectivity index (χ0n) is 14.8. The highest BCUT2D eigenvalue weighted by atomic mass is 35.5. The van der Waals surface area contributed by atoms with Gasteiger partial charge in [-0.2, -0.15) is 4.31 Å². The van der Waals surface area contributed by atoms with Gasteiger partial charge in [0.25, 0.3) is 0 Å². The van der Waals surface area contributed by atoms with E-state index in [2.05, 4.69) is 5.32 Å². The van der Waals surface area contributed by atoms with Gasteiger partial charge in [0, 0.05) is 25.2 Å². The van der Waals surface area contributed by atoms with Crippen LogP contribution in [-0.2, 0) is 14.8 Å². The molecule has 1 N–H and O–H groups in total. The van der Waals surface area contributed by atoms with Crippen LogP contribution in [0.5, 0.6) is 0 Å². The van der Waals surface area contributed by atoms with Gasteiger partial charge in [-0.05, 0) is 68.1 Å². The molecular weight excluding hydrogens is 372 g/mol. The number of halogens is 1. The van der Waals surface area contributed by atoms with Crippen LogP contribution in [0.4, 0.5) is 5.69 Å². The first kappa shape index (κ1) is 18.3. The lowest BCUT2D eigenvalue weighted by atomic mass is 9.86. The maximum Gasteiger partial charge on any atom is 0.244 e. The number of anilines is 1. The third-order valence-electron chi connectivity index (χ3n) is 6.23. The second-order valence-electron chi connectivity index (χ2n) is 7.94. The number of rotatable bonds is 5. The fourth-order valence-electron chi connectivity index (χ4n) is 4.92. The molecule has 4 rings (SSSR count). The lowest BCUT2D eigenvalue weighted by Crippen LogP contribution is -2.28. The Balaban J connectivity index is 1.46. The van der Waals surface area contributed by atoms with E-state index < -0.39 is 10.0 Å². The zero-order chi connectivity index (χ0) is 18.3. The maximum atomic E-state index is 12.8. The second kappa shape index (κ2) is 7.13. The molecule has 0 spiro atoms. The van der Waals surface area contributed by atoms with Gasteiger partial charge in [-0.3, -0.25) is 4.79 Å². The second-order valence-corrected chi connectivity index (χ2v) is 10.3. The predicted molar refractivity (Wildman–Crippen MR) is 102 cm³/mol. The molecule has 2 saturated carbocycles. The Labute approximate surface area is 160 Å². The summed E-state index contributed by atoms with van der Waals surface area (Å²) in [5, 5.41) is 3.08. The molecule has 1 amide bonds. The summed E-state index contributed by atoms with van der Waals surface area (Å²) in [6.45, 7) is 1.05. The van der Waals surface area contributed by atoms with E-state index in [1.807, 2.05) is 0 Å². The van der Waals surface area contributed by atoms with Crippen LogP contribution in [0.2, 0.25) is 5.02 Å². The van der Waals surface area contributed by atoms with E-state index in [-0.39, 0.29) is 15.8 Å². The molecule has 1 heterocycles. The summed E-state index contributed by atoms with van der Waals surface area (Å²) in [5.41, 5.74) is 0.500. The molecule has 3 aliphatic rings. The minimum Gasteiger partial charge on any atom is -0.326 e. The van der Waals surface area contributed by atoms with Crippen LogP contribution in [0.1, 0.15) is 44.9 Å². The van der Waals surface area contributed by atoms with Gasteiger partial charge >= 0.3 is 0 Å². The van der Waals surface area contributed by atoms with Crippen molar-refractivity contribution in [3.8, 4) is 0 Å². The van der Waals surface area contributed by atoms with Crippen molar-refractivity contribution < 1.29 is 13.2 Å². The van der Waals surface area contributed by atoms with Gasteiger partial charge in [0.05, 0.1) is 5.02 Å². The molecule has 7 heteroatoms. The largest absolute Gasteiger partial charge is 0.326 e. The summed E-state index contributed by atoms with van der Waals surface area (Å²) in [6, 6.07) is 4.72. The van der Waals surface area contributed by atoms with E-state index in [1.54, 1.807) is 12.1 Å². The van der Waals surface area contributed by atoms with E-state index >= 15 is 0 Å². The minimum absolute atomic E-state index is 0.0330. The first-order valence-electron chi connectivity index (χ1n) is 9.53. The van der Waals surface area contributed by atoms with E-state index in [0.717, 1.165) is 25.2 Å². The highest BCUT2D eigenvalue weighted by Gasteiger charge is 2.40. The topological polar surface area (TPSA) is 66.5 Å². The Hall–Kier alpha value is -1.11. The van der Waals surface area contributed by atoms with E-state index in [4.69, 9.17) is 11.6 Å². The zero-order valence-corrected chi connectivity index (χ0v) is 16.4. The fraction of sp³-hybridized carbons (Fsp3) is 0.632. The molecule has 1 aromatic rings. The summed E-state index contributed by atoms with van der Waals surface area (Å²) in [4.78, 5) is 12.5. The Bertz CT molecular complexity index is 805. The number of nitrogens with one attached hydrogen (secondary N) is 1. The monoisotopic (exact) mass is 396 g/mol. The first-order chi connectivity index (χ1) is 12.4. The SMILES string of the molecule is O=C(CC1CC2CCC1C2)Nc1ccc(Cl)c(S(=O)(=O)N2CCCC2)c1. The van der Waals surface area contributed by atoms with Crippen LogP contribution in [0.3, 0.4) is 0 Å². The molecule has 26 heavy (non-hydrogen) atoms. The molecule has 1 aliphatic heterocycles. The third kappa shape index (κ3) is 3.51. The molecule has 1 aromatic carbocycles. The van der Waals surface area contributed by atoms with Gasteiger partial charge in [0.1, 0.15) is 4.90 Å². The van der Waals surface area contributed by atoms with Crippen molar-refractivity contribution in [1.82, 2.24) is 4.31 Å². The number of fused-ring (bicyclic) bond motifs is 2.